The van der Waals surface area contributed by atoms with Crippen molar-refractivity contribution in [2.75, 3.05) is 11.4 Å². The first-order valence-corrected chi connectivity index (χ1v) is 6.75. The van der Waals surface area contributed by atoms with E-state index in [2.05, 4.69) is 51.2 Å². The molecule has 0 aliphatic carbocycles. The summed E-state index contributed by atoms with van der Waals surface area (Å²) < 4.78 is 1.78. The maximum absolute atomic E-state index is 4.50. The minimum atomic E-state index is 0.507. The van der Waals surface area contributed by atoms with Crippen LogP contribution in [0.25, 0.3) is 11.0 Å². The molecular weight excluding hydrogens is 250 g/mol. The van der Waals surface area contributed by atoms with Crippen LogP contribution in [0, 0.1) is 0 Å². The second-order valence-electron chi connectivity index (χ2n) is 5.27. The van der Waals surface area contributed by atoms with Crippen molar-refractivity contribution in [2.24, 2.45) is 7.05 Å². The third-order valence-electron chi connectivity index (χ3n) is 3.98. The largest absolute Gasteiger partial charge is 0.325 e. The van der Waals surface area contributed by atoms with Gasteiger partial charge < -0.3 is 4.90 Å². The van der Waals surface area contributed by atoms with E-state index in [0.29, 0.717) is 5.92 Å². The monoisotopic (exact) mass is 265 g/mol. The Balaban J connectivity index is 1.93. The Morgan fingerprint density at radius 2 is 2.05 bits per heavy atom. The number of aryl methyl sites for hydroxylation is 1. The topological polar surface area (TPSA) is 46.8 Å². The lowest BCUT2D eigenvalue weighted by Crippen LogP contribution is -2.16. The molecule has 0 fully saturated rings. The number of benzene rings is 1. The van der Waals surface area contributed by atoms with Crippen LogP contribution in [0.3, 0.4) is 0 Å². The Labute approximate surface area is 116 Å². The van der Waals surface area contributed by atoms with Crippen LogP contribution in [0.15, 0.2) is 36.8 Å². The zero-order chi connectivity index (χ0) is 13.7. The highest BCUT2D eigenvalue weighted by Crippen LogP contribution is 2.41. The molecule has 0 spiro atoms. The SMILES string of the molecule is CC1CN(c2ncnc3c2cnn3C)c2ccccc21. The molecule has 1 aliphatic rings. The van der Waals surface area contributed by atoms with Gasteiger partial charge in [-0.3, -0.25) is 4.68 Å². The molecule has 0 N–H and O–H groups in total. The van der Waals surface area contributed by atoms with Crippen molar-refractivity contribution in [3.8, 4) is 0 Å². The van der Waals surface area contributed by atoms with E-state index in [-0.39, 0.29) is 0 Å². The van der Waals surface area contributed by atoms with Crippen LogP contribution < -0.4 is 4.90 Å². The zero-order valence-electron chi connectivity index (χ0n) is 11.5. The molecule has 0 saturated carbocycles. The fraction of sp³-hybridized carbons (Fsp3) is 0.267. The Morgan fingerprint density at radius 1 is 1.20 bits per heavy atom. The quantitative estimate of drug-likeness (QED) is 0.678. The summed E-state index contributed by atoms with van der Waals surface area (Å²) >= 11 is 0. The molecule has 0 radical (unpaired) electrons. The van der Waals surface area contributed by atoms with Gasteiger partial charge >= 0.3 is 0 Å². The molecular formula is C15H15N5. The summed E-state index contributed by atoms with van der Waals surface area (Å²) in [6.07, 6.45) is 3.46. The molecule has 100 valence electrons. The first-order chi connectivity index (χ1) is 9.75. The predicted molar refractivity (Wildman–Crippen MR) is 78.2 cm³/mol. The van der Waals surface area contributed by atoms with E-state index in [1.807, 2.05) is 13.2 Å². The van der Waals surface area contributed by atoms with Crippen molar-refractivity contribution in [1.29, 1.82) is 0 Å². The molecule has 3 heterocycles. The van der Waals surface area contributed by atoms with Crippen LogP contribution in [0.2, 0.25) is 0 Å². The lowest BCUT2D eigenvalue weighted by Gasteiger charge is -2.18. The molecule has 1 aromatic carbocycles. The van der Waals surface area contributed by atoms with Crippen molar-refractivity contribution < 1.29 is 0 Å². The van der Waals surface area contributed by atoms with Crippen LogP contribution in [0.5, 0.6) is 0 Å². The highest BCUT2D eigenvalue weighted by atomic mass is 15.3. The van der Waals surface area contributed by atoms with E-state index in [0.717, 1.165) is 23.4 Å². The van der Waals surface area contributed by atoms with Crippen LogP contribution >= 0.6 is 0 Å². The molecule has 5 nitrogen and oxygen atoms in total. The number of rotatable bonds is 1. The van der Waals surface area contributed by atoms with Gasteiger partial charge in [0, 0.05) is 25.2 Å². The molecule has 3 aromatic rings. The zero-order valence-corrected chi connectivity index (χ0v) is 11.5. The van der Waals surface area contributed by atoms with E-state index in [1.165, 1.54) is 11.3 Å². The molecule has 0 saturated heterocycles. The van der Waals surface area contributed by atoms with E-state index < -0.39 is 0 Å². The third kappa shape index (κ3) is 1.46. The van der Waals surface area contributed by atoms with Gasteiger partial charge in [-0.05, 0) is 11.6 Å². The Kier molecular flexibility index (Phi) is 2.30. The van der Waals surface area contributed by atoms with Gasteiger partial charge in [0.25, 0.3) is 0 Å². The number of nitrogens with zero attached hydrogens (tertiary/aromatic N) is 5. The van der Waals surface area contributed by atoms with Crippen molar-refractivity contribution in [3.63, 3.8) is 0 Å². The smallest absolute Gasteiger partial charge is 0.163 e. The molecule has 20 heavy (non-hydrogen) atoms. The molecule has 2 aromatic heterocycles. The molecule has 0 amide bonds. The standard InChI is InChI=1S/C15H15N5/c1-10-8-20(13-6-4-3-5-11(10)13)15-12-7-18-19(2)14(12)16-9-17-15/h3-7,9-10H,8H2,1-2H3. The number of aromatic nitrogens is 4. The second-order valence-corrected chi connectivity index (χ2v) is 5.27. The van der Waals surface area contributed by atoms with Gasteiger partial charge in [0.2, 0.25) is 0 Å². The summed E-state index contributed by atoms with van der Waals surface area (Å²) in [4.78, 5) is 11.1. The first kappa shape index (κ1) is 11.4. The summed E-state index contributed by atoms with van der Waals surface area (Å²) in [7, 11) is 1.90. The lowest BCUT2D eigenvalue weighted by molar-refractivity contribution is 0.784. The Hall–Kier alpha value is -2.43. The van der Waals surface area contributed by atoms with Crippen LogP contribution in [0.4, 0.5) is 11.5 Å². The van der Waals surface area contributed by atoms with Crippen LogP contribution in [-0.2, 0) is 7.05 Å². The van der Waals surface area contributed by atoms with Crippen LogP contribution in [0.1, 0.15) is 18.4 Å². The maximum atomic E-state index is 4.50. The Morgan fingerprint density at radius 3 is 2.95 bits per heavy atom. The van der Waals surface area contributed by atoms with E-state index in [9.17, 15) is 0 Å². The fourth-order valence-electron chi connectivity index (χ4n) is 2.99. The molecule has 4 rings (SSSR count). The van der Waals surface area contributed by atoms with Gasteiger partial charge in [-0.1, -0.05) is 25.1 Å². The number of hydrogen-bond acceptors (Lipinski definition) is 4. The number of anilines is 2. The third-order valence-corrected chi connectivity index (χ3v) is 3.98. The number of para-hydroxylation sites is 1. The van der Waals surface area contributed by atoms with Gasteiger partial charge in [0.05, 0.1) is 11.6 Å². The molecule has 1 unspecified atom stereocenters. The molecule has 1 atom stereocenters. The van der Waals surface area contributed by atoms with Crippen molar-refractivity contribution >= 4 is 22.5 Å². The van der Waals surface area contributed by atoms with Gasteiger partial charge in [-0.25, -0.2) is 9.97 Å². The van der Waals surface area contributed by atoms with Gasteiger partial charge in [0.15, 0.2) is 5.65 Å². The van der Waals surface area contributed by atoms with E-state index in [1.54, 1.807) is 11.0 Å². The highest BCUT2D eigenvalue weighted by Gasteiger charge is 2.28. The number of fused-ring (bicyclic) bond motifs is 2. The number of hydrogen-bond donors (Lipinski definition) is 0. The average molecular weight is 265 g/mol. The summed E-state index contributed by atoms with van der Waals surface area (Å²) in [6, 6.07) is 8.52. The van der Waals surface area contributed by atoms with E-state index >= 15 is 0 Å². The van der Waals surface area contributed by atoms with Gasteiger partial charge in [-0.15, -0.1) is 0 Å². The van der Waals surface area contributed by atoms with Crippen molar-refractivity contribution in [3.05, 3.63) is 42.4 Å². The van der Waals surface area contributed by atoms with Crippen LogP contribution in [-0.4, -0.2) is 26.3 Å². The highest BCUT2D eigenvalue weighted by molar-refractivity contribution is 5.90. The molecule has 5 heteroatoms. The van der Waals surface area contributed by atoms with Crippen molar-refractivity contribution in [1.82, 2.24) is 19.7 Å². The summed E-state index contributed by atoms with van der Waals surface area (Å²) in [5, 5.41) is 5.29. The minimum absolute atomic E-state index is 0.507. The molecule has 1 aliphatic heterocycles. The molecule has 0 bridgehead atoms. The minimum Gasteiger partial charge on any atom is -0.325 e. The average Bonchev–Trinajstić information content (AvgIpc) is 3.01. The second kappa shape index (κ2) is 4.03. The summed E-state index contributed by atoms with van der Waals surface area (Å²) in [6.45, 7) is 3.20. The maximum Gasteiger partial charge on any atom is 0.163 e. The lowest BCUT2D eigenvalue weighted by atomic mass is 10.0. The van der Waals surface area contributed by atoms with E-state index in [4.69, 9.17) is 0 Å². The fourth-order valence-corrected chi connectivity index (χ4v) is 2.99. The first-order valence-electron chi connectivity index (χ1n) is 6.75. The van der Waals surface area contributed by atoms with Crippen molar-refractivity contribution in [2.45, 2.75) is 12.8 Å². The van der Waals surface area contributed by atoms with Gasteiger partial charge in [0.1, 0.15) is 12.1 Å². The normalized spacial score (nSPS) is 17.7. The summed E-state index contributed by atoms with van der Waals surface area (Å²) in [5.74, 6) is 1.45. The Bertz CT molecular complexity index is 792. The van der Waals surface area contributed by atoms with Gasteiger partial charge in [-0.2, -0.15) is 5.10 Å². The summed E-state index contributed by atoms with van der Waals surface area (Å²) in [5.41, 5.74) is 3.49. The predicted octanol–water partition coefficient (Wildman–Crippen LogP) is 2.62.